The Hall–Kier alpha value is -0.320. The lowest BCUT2D eigenvalue weighted by molar-refractivity contribution is 0.348. The summed E-state index contributed by atoms with van der Waals surface area (Å²) in [4.78, 5) is 0. The van der Waals surface area contributed by atoms with Crippen molar-refractivity contribution < 1.29 is 4.74 Å². The van der Waals surface area contributed by atoms with Gasteiger partial charge in [-0.2, -0.15) is 23.5 Å². The third kappa shape index (κ3) is 3.22. The third-order valence-corrected chi connectivity index (χ3v) is 7.94. The highest BCUT2D eigenvalue weighted by Crippen LogP contribution is 2.44. The van der Waals surface area contributed by atoms with E-state index in [1.807, 2.05) is 0 Å². The van der Waals surface area contributed by atoms with Gasteiger partial charge in [0.05, 0.1) is 6.61 Å². The van der Waals surface area contributed by atoms with E-state index in [1.54, 1.807) is 0 Å². The maximum atomic E-state index is 5.94. The van der Waals surface area contributed by atoms with Crippen molar-refractivity contribution in [1.29, 1.82) is 0 Å². The first-order valence-corrected chi connectivity index (χ1v) is 9.95. The van der Waals surface area contributed by atoms with Crippen LogP contribution in [0, 0.1) is 0 Å². The highest BCUT2D eigenvalue weighted by atomic mass is 32.2. The van der Waals surface area contributed by atoms with Gasteiger partial charge in [-0.25, -0.2) is 0 Å². The van der Waals surface area contributed by atoms with Crippen molar-refractivity contribution in [1.82, 2.24) is 5.32 Å². The van der Waals surface area contributed by atoms with Crippen molar-refractivity contribution >= 4 is 23.5 Å². The summed E-state index contributed by atoms with van der Waals surface area (Å²) in [6.45, 7) is 8.75. The highest BCUT2D eigenvalue weighted by molar-refractivity contribution is 8.07. The molecule has 0 aliphatic carbocycles. The van der Waals surface area contributed by atoms with Gasteiger partial charge in [0.2, 0.25) is 0 Å². The van der Waals surface area contributed by atoms with Gasteiger partial charge in [0.15, 0.2) is 0 Å². The highest BCUT2D eigenvalue weighted by Gasteiger charge is 2.34. The number of hydrogen-bond acceptors (Lipinski definition) is 4. The van der Waals surface area contributed by atoms with Crippen LogP contribution in [0.2, 0.25) is 0 Å². The fourth-order valence-electron chi connectivity index (χ4n) is 3.13. The second-order valence-electron chi connectivity index (χ2n) is 5.89. The normalized spacial score (nSPS) is 29.8. The molecule has 1 aromatic rings. The smallest absolute Gasteiger partial charge is 0.127 e. The van der Waals surface area contributed by atoms with Gasteiger partial charge in [0, 0.05) is 39.5 Å². The van der Waals surface area contributed by atoms with Crippen molar-refractivity contribution in [3.63, 3.8) is 0 Å². The summed E-state index contributed by atoms with van der Waals surface area (Å²) in [7, 11) is 0. The van der Waals surface area contributed by atoms with Crippen molar-refractivity contribution in [3.8, 4) is 5.75 Å². The van der Waals surface area contributed by atoms with E-state index in [4.69, 9.17) is 4.74 Å². The Morgan fingerprint density at radius 2 is 2.19 bits per heavy atom. The lowest BCUT2D eigenvalue weighted by atomic mass is 9.99. The van der Waals surface area contributed by atoms with Crippen LogP contribution < -0.4 is 10.1 Å². The Morgan fingerprint density at radius 1 is 1.33 bits per heavy atom. The quantitative estimate of drug-likeness (QED) is 0.907. The molecule has 0 amide bonds. The third-order valence-electron chi connectivity index (χ3n) is 4.45. The van der Waals surface area contributed by atoms with Gasteiger partial charge < -0.3 is 10.1 Å². The number of fused-ring (bicyclic) bond motifs is 1. The molecule has 4 heteroatoms. The fourth-order valence-corrected chi connectivity index (χ4v) is 6.24. The minimum atomic E-state index is 0.399. The molecule has 3 rings (SSSR count). The molecule has 0 radical (unpaired) electrons. The standard InChI is InChI=1S/C17H25NOS2/c1-4-18-16(15-10-20-11(2)12(3)21-15)14-7-5-6-13-8-9-19-17(13)14/h5-7,11-12,15-16,18H,4,8-10H2,1-3H3. The first-order chi connectivity index (χ1) is 10.2. The average Bonchev–Trinajstić information content (AvgIpc) is 2.96. The molecule has 116 valence electrons. The Bertz CT molecular complexity index is 494. The molecule has 1 aromatic carbocycles. The Labute approximate surface area is 136 Å². The summed E-state index contributed by atoms with van der Waals surface area (Å²) >= 11 is 4.26. The topological polar surface area (TPSA) is 21.3 Å². The summed E-state index contributed by atoms with van der Waals surface area (Å²) in [6, 6.07) is 7.06. The second-order valence-corrected chi connectivity index (χ2v) is 8.92. The van der Waals surface area contributed by atoms with E-state index in [1.165, 1.54) is 16.9 Å². The molecule has 0 saturated carbocycles. The molecule has 0 spiro atoms. The minimum absolute atomic E-state index is 0.399. The molecular weight excluding hydrogens is 298 g/mol. The predicted octanol–water partition coefficient (Wildman–Crippen LogP) is 3.90. The van der Waals surface area contributed by atoms with Crippen LogP contribution >= 0.6 is 23.5 Å². The Morgan fingerprint density at radius 3 is 2.95 bits per heavy atom. The first-order valence-electron chi connectivity index (χ1n) is 7.95. The van der Waals surface area contributed by atoms with E-state index in [9.17, 15) is 0 Å². The number of thioether (sulfide) groups is 2. The second kappa shape index (κ2) is 6.84. The molecule has 0 aromatic heterocycles. The van der Waals surface area contributed by atoms with E-state index in [0.717, 1.165) is 30.6 Å². The van der Waals surface area contributed by atoms with Gasteiger partial charge in [-0.3, -0.25) is 0 Å². The van der Waals surface area contributed by atoms with Crippen LogP contribution in [0.5, 0.6) is 5.75 Å². The van der Waals surface area contributed by atoms with Gasteiger partial charge in [-0.05, 0) is 12.1 Å². The SMILES string of the molecule is CCNC(c1cccc2c1OCC2)C1CSC(C)C(C)S1. The molecule has 1 N–H and O–H groups in total. The Kier molecular flexibility index (Phi) is 5.07. The molecule has 2 nitrogen and oxygen atoms in total. The Balaban J connectivity index is 1.87. The first kappa shape index (κ1) is 15.6. The van der Waals surface area contributed by atoms with E-state index in [0.29, 0.717) is 16.5 Å². The van der Waals surface area contributed by atoms with Crippen molar-refractivity contribution in [2.24, 2.45) is 0 Å². The zero-order valence-corrected chi connectivity index (χ0v) is 14.7. The monoisotopic (exact) mass is 323 g/mol. The number of para-hydroxylation sites is 1. The van der Waals surface area contributed by atoms with Crippen molar-refractivity contribution in [2.75, 3.05) is 18.9 Å². The van der Waals surface area contributed by atoms with Gasteiger partial charge in [-0.15, -0.1) is 0 Å². The largest absolute Gasteiger partial charge is 0.493 e. The zero-order chi connectivity index (χ0) is 14.8. The molecule has 0 bridgehead atoms. The molecule has 2 aliphatic rings. The fraction of sp³-hybridized carbons (Fsp3) is 0.647. The number of nitrogens with one attached hydrogen (secondary N) is 1. The summed E-state index contributed by atoms with van der Waals surface area (Å²) < 4.78 is 5.94. The van der Waals surface area contributed by atoms with Gasteiger partial charge in [0.1, 0.15) is 5.75 Å². The van der Waals surface area contributed by atoms with Crippen molar-refractivity contribution in [3.05, 3.63) is 29.3 Å². The number of ether oxygens (including phenoxy) is 1. The molecule has 1 saturated heterocycles. The van der Waals surface area contributed by atoms with Crippen LogP contribution in [-0.4, -0.2) is 34.7 Å². The summed E-state index contributed by atoms with van der Waals surface area (Å²) in [6.07, 6.45) is 1.06. The molecule has 2 heterocycles. The van der Waals surface area contributed by atoms with E-state index >= 15 is 0 Å². The van der Waals surface area contributed by atoms with E-state index in [2.05, 4.69) is 67.8 Å². The minimum Gasteiger partial charge on any atom is -0.493 e. The molecule has 1 fully saturated rings. The van der Waals surface area contributed by atoms with Crippen LogP contribution in [0.4, 0.5) is 0 Å². The maximum absolute atomic E-state index is 5.94. The molecule has 4 atom stereocenters. The van der Waals surface area contributed by atoms with E-state index in [-0.39, 0.29) is 0 Å². The predicted molar refractivity (Wildman–Crippen MR) is 94.8 cm³/mol. The van der Waals surface area contributed by atoms with Crippen LogP contribution in [0.1, 0.15) is 37.9 Å². The van der Waals surface area contributed by atoms with Crippen LogP contribution in [0.3, 0.4) is 0 Å². The zero-order valence-electron chi connectivity index (χ0n) is 13.1. The molecule has 21 heavy (non-hydrogen) atoms. The van der Waals surface area contributed by atoms with Crippen LogP contribution in [-0.2, 0) is 6.42 Å². The lowest BCUT2D eigenvalue weighted by Gasteiger charge is -2.36. The van der Waals surface area contributed by atoms with Gasteiger partial charge in [0.25, 0.3) is 0 Å². The average molecular weight is 324 g/mol. The van der Waals surface area contributed by atoms with Gasteiger partial charge in [-0.1, -0.05) is 39.0 Å². The van der Waals surface area contributed by atoms with E-state index < -0.39 is 0 Å². The van der Waals surface area contributed by atoms with Crippen molar-refractivity contribution in [2.45, 2.75) is 49.0 Å². The number of hydrogen-bond donors (Lipinski definition) is 1. The summed E-state index contributed by atoms with van der Waals surface area (Å²) in [5.74, 6) is 2.37. The number of rotatable bonds is 4. The van der Waals surface area contributed by atoms with Crippen LogP contribution in [0.15, 0.2) is 18.2 Å². The molecule has 2 aliphatic heterocycles. The van der Waals surface area contributed by atoms with Crippen LogP contribution in [0.25, 0.3) is 0 Å². The lowest BCUT2D eigenvalue weighted by Crippen LogP contribution is -2.37. The maximum Gasteiger partial charge on any atom is 0.127 e. The number of benzene rings is 1. The summed E-state index contributed by atoms with van der Waals surface area (Å²) in [5, 5.41) is 5.81. The summed E-state index contributed by atoms with van der Waals surface area (Å²) in [5.41, 5.74) is 2.75. The van der Waals surface area contributed by atoms with Gasteiger partial charge >= 0.3 is 0 Å². The molecular formula is C17H25NOS2. The molecule has 4 unspecified atom stereocenters.